The summed E-state index contributed by atoms with van der Waals surface area (Å²) >= 11 is 0. The first-order valence-electron chi connectivity index (χ1n) is 9.02. The van der Waals surface area contributed by atoms with Gasteiger partial charge in [-0.15, -0.1) is 0 Å². The predicted molar refractivity (Wildman–Crippen MR) is 101 cm³/mol. The Morgan fingerprint density at radius 1 is 0.889 bits per heavy atom. The number of anilines is 1. The summed E-state index contributed by atoms with van der Waals surface area (Å²) in [5.41, 5.74) is 2.61. The Morgan fingerprint density at radius 2 is 1.56 bits per heavy atom. The number of carbonyl (C=O) groups is 2. The van der Waals surface area contributed by atoms with Crippen LogP contribution in [0.1, 0.15) is 42.9 Å². The Balaban J connectivity index is 1.56. The average molecular weight is 384 g/mol. The van der Waals surface area contributed by atoms with Crippen molar-refractivity contribution in [3.63, 3.8) is 0 Å². The van der Waals surface area contributed by atoms with Crippen molar-refractivity contribution in [2.24, 2.45) is 0 Å². The topological polar surface area (TPSA) is 83.6 Å². The van der Waals surface area contributed by atoms with Gasteiger partial charge in [-0.25, -0.2) is 13.1 Å². The summed E-state index contributed by atoms with van der Waals surface area (Å²) in [6.07, 6.45) is 3.04. The van der Waals surface area contributed by atoms with Crippen LogP contribution in [-0.2, 0) is 26.0 Å². The number of imide groups is 1. The second kappa shape index (κ2) is 6.90. The summed E-state index contributed by atoms with van der Waals surface area (Å²) in [4.78, 5) is 24.9. The summed E-state index contributed by atoms with van der Waals surface area (Å²) in [6, 6.07) is 13.5. The molecule has 4 rings (SSSR count). The highest BCUT2D eigenvalue weighted by atomic mass is 32.2. The van der Waals surface area contributed by atoms with E-state index in [9.17, 15) is 18.0 Å². The molecule has 0 aromatic heterocycles. The van der Waals surface area contributed by atoms with Crippen molar-refractivity contribution in [2.45, 2.75) is 43.0 Å². The zero-order chi connectivity index (χ0) is 19.0. The molecular formula is C20H20N2O4S. The molecule has 1 saturated heterocycles. The second-order valence-corrected chi connectivity index (χ2v) is 8.60. The first-order valence-corrected chi connectivity index (χ1v) is 10.5. The molecule has 2 aromatic carbocycles. The van der Waals surface area contributed by atoms with Gasteiger partial charge in [0.05, 0.1) is 10.6 Å². The first-order chi connectivity index (χ1) is 13.0. The van der Waals surface area contributed by atoms with E-state index in [1.165, 1.54) is 29.8 Å². The SMILES string of the molecule is O=C1CCC(=O)N1c1ccc(S(=O)(=O)NC2CCCc3ccccc32)cc1. The third-order valence-corrected chi connectivity index (χ3v) is 6.61. The molecule has 140 valence electrons. The summed E-state index contributed by atoms with van der Waals surface area (Å²) < 4.78 is 28.4. The minimum absolute atomic E-state index is 0.119. The maximum absolute atomic E-state index is 12.8. The molecule has 0 radical (unpaired) electrons. The number of hydrogen-bond acceptors (Lipinski definition) is 4. The molecule has 7 heteroatoms. The molecule has 1 N–H and O–H groups in total. The van der Waals surface area contributed by atoms with E-state index >= 15 is 0 Å². The highest BCUT2D eigenvalue weighted by Crippen LogP contribution is 2.31. The molecule has 1 aliphatic carbocycles. The second-order valence-electron chi connectivity index (χ2n) is 6.88. The zero-order valence-corrected chi connectivity index (χ0v) is 15.5. The molecule has 6 nitrogen and oxygen atoms in total. The Morgan fingerprint density at radius 3 is 2.26 bits per heavy atom. The van der Waals surface area contributed by atoms with Crippen LogP contribution in [-0.4, -0.2) is 20.2 Å². The van der Waals surface area contributed by atoms with Crippen LogP contribution in [0.5, 0.6) is 0 Å². The van der Waals surface area contributed by atoms with Crippen LogP contribution in [0.3, 0.4) is 0 Å². The van der Waals surface area contributed by atoms with Crippen LogP contribution in [0.4, 0.5) is 5.69 Å². The molecule has 2 aromatic rings. The molecule has 1 heterocycles. The van der Waals surface area contributed by atoms with Gasteiger partial charge in [-0.1, -0.05) is 24.3 Å². The standard InChI is InChI=1S/C20H20N2O4S/c23-19-12-13-20(24)22(19)15-8-10-16(11-9-15)27(25,26)21-18-7-3-5-14-4-1-2-6-17(14)18/h1-2,4,6,8-11,18,21H,3,5,7,12-13H2. The lowest BCUT2D eigenvalue weighted by Gasteiger charge is -2.26. The molecule has 1 fully saturated rings. The van der Waals surface area contributed by atoms with Crippen LogP contribution >= 0.6 is 0 Å². The van der Waals surface area contributed by atoms with Gasteiger partial charge in [0, 0.05) is 18.9 Å². The number of benzene rings is 2. The highest BCUT2D eigenvalue weighted by molar-refractivity contribution is 7.89. The zero-order valence-electron chi connectivity index (χ0n) is 14.7. The largest absolute Gasteiger partial charge is 0.274 e. The third-order valence-electron chi connectivity index (χ3n) is 5.12. The normalized spacial score (nSPS) is 20.0. The molecule has 1 unspecified atom stereocenters. The Bertz CT molecular complexity index is 983. The van der Waals surface area contributed by atoms with Gasteiger partial charge in [0.15, 0.2) is 0 Å². The summed E-state index contributed by atoms with van der Waals surface area (Å²) in [6.45, 7) is 0. The van der Waals surface area contributed by atoms with Crippen molar-refractivity contribution in [1.82, 2.24) is 4.72 Å². The van der Waals surface area contributed by atoms with Gasteiger partial charge in [0.25, 0.3) is 0 Å². The number of nitrogens with one attached hydrogen (secondary N) is 1. The third kappa shape index (κ3) is 3.40. The monoisotopic (exact) mass is 384 g/mol. The molecule has 1 aliphatic heterocycles. The fraction of sp³-hybridized carbons (Fsp3) is 0.300. The predicted octanol–water partition coefficient (Wildman–Crippen LogP) is 2.70. The molecule has 0 saturated carbocycles. The number of hydrogen-bond donors (Lipinski definition) is 1. The van der Waals surface area contributed by atoms with Gasteiger partial charge in [0.1, 0.15) is 0 Å². The molecular weight excluding hydrogens is 364 g/mol. The first kappa shape index (κ1) is 17.9. The van der Waals surface area contributed by atoms with Crippen molar-refractivity contribution < 1.29 is 18.0 Å². The fourth-order valence-corrected chi connectivity index (χ4v) is 5.02. The van der Waals surface area contributed by atoms with Gasteiger partial charge in [-0.2, -0.15) is 0 Å². The number of carbonyl (C=O) groups excluding carboxylic acids is 2. The number of amides is 2. The quantitative estimate of drug-likeness (QED) is 0.822. The minimum Gasteiger partial charge on any atom is -0.274 e. The number of rotatable bonds is 4. The van der Waals surface area contributed by atoms with Gasteiger partial charge < -0.3 is 0 Å². The lowest BCUT2D eigenvalue weighted by Crippen LogP contribution is -2.31. The van der Waals surface area contributed by atoms with Gasteiger partial charge in [0.2, 0.25) is 21.8 Å². The van der Waals surface area contributed by atoms with Gasteiger partial charge in [-0.05, 0) is 54.7 Å². The molecule has 2 aliphatic rings. The van der Waals surface area contributed by atoms with E-state index in [0.29, 0.717) is 5.69 Å². The van der Waals surface area contributed by atoms with E-state index in [1.54, 1.807) is 0 Å². The van der Waals surface area contributed by atoms with Gasteiger partial charge >= 0.3 is 0 Å². The van der Waals surface area contributed by atoms with Crippen LogP contribution < -0.4 is 9.62 Å². The van der Waals surface area contributed by atoms with E-state index in [2.05, 4.69) is 4.72 Å². The van der Waals surface area contributed by atoms with Crippen LogP contribution in [0.25, 0.3) is 0 Å². The molecule has 0 bridgehead atoms. The van der Waals surface area contributed by atoms with Gasteiger partial charge in [-0.3, -0.25) is 14.5 Å². The molecule has 0 spiro atoms. The van der Waals surface area contributed by atoms with Crippen molar-refractivity contribution in [3.8, 4) is 0 Å². The maximum atomic E-state index is 12.8. The number of sulfonamides is 1. The van der Waals surface area contributed by atoms with Crippen LogP contribution in [0.2, 0.25) is 0 Å². The van der Waals surface area contributed by atoms with E-state index in [-0.39, 0.29) is 35.6 Å². The number of nitrogens with zero attached hydrogens (tertiary/aromatic N) is 1. The Kier molecular flexibility index (Phi) is 4.57. The molecule has 1 atom stereocenters. The van der Waals surface area contributed by atoms with E-state index in [4.69, 9.17) is 0 Å². The fourth-order valence-electron chi connectivity index (χ4n) is 3.77. The average Bonchev–Trinajstić information content (AvgIpc) is 3.00. The highest BCUT2D eigenvalue weighted by Gasteiger charge is 2.31. The lowest BCUT2D eigenvalue weighted by molar-refractivity contribution is -0.121. The van der Waals surface area contributed by atoms with Crippen molar-refractivity contribution in [2.75, 3.05) is 4.90 Å². The van der Waals surface area contributed by atoms with Crippen molar-refractivity contribution in [1.29, 1.82) is 0 Å². The van der Waals surface area contributed by atoms with Crippen LogP contribution in [0.15, 0.2) is 53.4 Å². The smallest absolute Gasteiger partial charge is 0.241 e. The van der Waals surface area contributed by atoms with Crippen molar-refractivity contribution in [3.05, 3.63) is 59.7 Å². The van der Waals surface area contributed by atoms with E-state index in [0.717, 1.165) is 29.7 Å². The van der Waals surface area contributed by atoms with E-state index < -0.39 is 10.0 Å². The maximum Gasteiger partial charge on any atom is 0.241 e. The molecule has 27 heavy (non-hydrogen) atoms. The Hall–Kier alpha value is -2.51. The van der Waals surface area contributed by atoms with Crippen molar-refractivity contribution >= 4 is 27.5 Å². The molecule has 2 amide bonds. The number of fused-ring (bicyclic) bond motifs is 1. The summed E-state index contributed by atoms with van der Waals surface area (Å²) in [5.74, 6) is -0.514. The minimum atomic E-state index is -3.71. The summed E-state index contributed by atoms with van der Waals surface area (Å²) in [5, 5.41) is 0. The number of aryl methyl sites for hydroxylation is 1. The summed E-state index contributed by atoms with van der Waals surface area (Å²) in [7, 11) is -3.71. The lowest BCUT2D eigenvalue weighted by atomic mass is 9.88. The van der Waals surface area contributed by atoms with Crippen LogP contribution in [0, 0.1) is 0 Å². The van der Waals surface area contributed by atoms with E-state index in [1.807, 2.05) is 24.3 Å². The Labute approximate surface area is 158 Å².